The summed E-state index contributed by atoms with van der Waals surface area (Å²) >= 11 is 0. The van der Waals surface area contributed by atoms with Crippen molar-refractivity contribution >= 4 is 5.97 Å². The van der Waals surface area contributed by atoms with Gasteiger partial charge >= 0.3 is 5.97 Å². The van der Waals surface area contributed by atoms with Crippen LogP contribution < -0.4 is 0 Å². The minimum Gasteiger partial charge on any atom is -0.508 e. The minimum atomic E-state index is -0.450. The highest BCUT2D eigenvalue weighted by molar-refractivity contribution is 5.69. The molecular formula is C20H22O4. The lowest BCUT2D eigenvalue weighted by molar-refractivity contribution is -0.142. The monoisotopic (exact) mass is 326 g/mol. The summed E-state index contributed by atoms with van der Waals surface area (Å²) in [4.78, 5) is 11.9. The quantitative estimate of drug-likeness (QED) is 0.598. The number of carbonyl (C=O) groups is 1. The third-order valence-electron chi connectivity index (χ3n) is 4.20. The molecule has 2 aromatic carbocycles. The molecule has 0 bridgehead atoms. The van der Waals surface area contributed by atoms with Gasteiger partial charge in [0.1, 0.15) is 18.1 Å². The van der Waals surface area contributed by atoms with Crippen molar-refractivity contribution in [2.45, 2.75) is 25.2 Å². The average molecular weight is 326 g/mol. The Morgan fingerprint density at radius 1 is 1.04 bits per heavy atom. The number of esters is 1. The average Bonchev–Trinajstić information content (AvgIpc) is 2.59. The van der Waals surface area contributed by atoms with E-state index in [2.05, 4.69) is 6.58 Å². The predicted molar refractivity (Wildman–Crippen MR) is 93.1 cm³/mol. The van der Waals surface area contributed by atoms with E-state index in [1.54, 1.807) is 24.3 Å². The predicted octanol–water partition coefficient (Wildman–Crippen LogP) is 3.91. The molecule has 4 nitrogen and oxygen atoms in total. The molecule has 2 aromatic rings. The smallest absolute Gasteiger partial charge is 0.306 e. The SMILES string of the molecule is C=CCOC(=O)CCC(C)(c1ccc(O)cc1)c1ccc(O)cc1. The molecule has 24 heavy (non-hydrogen) atoms. The van der Waals surface area contributed by atoms with E-state index in [1.807, 2.05) is 31.2 Å². The van der Waals surface area contributed by atoms with Gasteiger partial charge in [0, 0.05) is 11.8 Å². The van der Waals surface area contributed by atoms with Crippen LogP contribution in [-0.4, -0.2) is 22.8 Å². The van der Waals surface area contributed by atoms with Crippen LogP contribution in [0, 0.1) is 0 Å². The van der Waals surface area contributed by atoms with E-state index < -0.39 is 5.41 Å². The van der Waals surface area contributed by atoms with Gasteiger partial charge in [-0.2, -0.15) is 0 Å². The topological polar surface area (TPSA) is 66.8 Å². The zero-order valence-corrected chi connectivity index (χ0v) is 13.7. The zero-order chi connectivity index (χ0) is 17.6. The van der Waals surface area contributed by atoms with Crippen LogP contribution in [0.4, 0.5) is 0 Å². The molecule has 0 aromatic heterocycles. The number of hydrogen-bond acceptors (Lipinski definition) is 4. The second kappa shape index (κ2) is 7.68. The maximum Gasteiger partial charge on any atom is 0.306 e. The second-order valence-corrected chi connectivity index (χ2v) is 5.90. The first kappa shape index (κ1) is 17.6. The summed E-state index contributed by atoms with van der Waals surface area (Å²) in [6.45, 7) is 5.77. The second-order valence-electron chi connectivity index (χ2n) is 5.90. The molecule has 0 unspecified atom stereocenters. The highest BCUT2D eigenvalue weighted by atomic mass is 16.5. The van der Waals surface area contributed by atoms with Crippen molar-refractivity contribution in [3.63, 3.8) is 0 Å². The summed E-state index contributed by atoms with van der Waals surface area (Å²) in [6.07, 6.45) is 2.33. The summed E-state index contributed by atoms with van der Waals surface area (Å²) in [7, 11) is 0. The lowest BCUT2D eigenvalue weighted by Gasteiger charge is -2.31. The fourth-order valence-corrected chi connectivity index (χ4v) is 2.69. The Hall–Kier alpha value is -2.75. The molecule has 2 rings (SSSR count). The van der Waals surface area contributed by atoms with E-state index >= 15 is 0 Å². The Morgan fingerprint density at radius 2 is 1.50 bits per heavy atom. The molecule has 4 heteroatoms. The molecule has 0 saturated heterocycles. The molecule has 0 aliphatic heterocycles. The summed E-state index contributed by atoms with van der Waals surface area (Å²) in [5, 5.41) is 19.1. The molecule has 0 heterocycles. The van der Waals surface area contributed by atoms with Crippen LogP contribution in [0.2, 0.25) is 0 Å². The van der Waals surface area contributed by atoms with E-state index in [-0.39, 0.29) is 30.5 Å². The Bertz CT molecular complexity index is 641. The molecule has 0 aliphatic rings. The van der Waals surface area contributed by atoms with Crippen LogP contribution in [-0.2, 0) is 14.9 Å². The minimum absolute atomic E-state index is 0.192. The highest BCUT2D eigenvalue weighted by Gasteiger charge is 2.30. The number of carbonyl (C=O) groups excluding carboxylic acids is 1. The van der Waals surface area contributed by atoms with Gasteiger partial charge in [-0.05, 0) is 41.8 Å². The standard InChI is InChI=1S/C20H22O4/c1-3-14-24-19(23)12-13-20(2,15-4-8-17(21)9-5-15)16-6-10-18(22)11-7-16/h3-11,21-22H,1,12-14H2,2H3. The Kier molecular flexibility index (Phi) is 5.64. The first-order valence-electron chi connectivity index (χ1n) is 7.81. The summed E-state index contributed by atoms with van der Waals surface area (Å²) in [5.41, 5.74) is 1.50. The number of benzene rings is 2. The van der Waals surface area contributed by atoms with Gasteiger partial charge in [0.15, 0.2) is 0 Å². The molecule has 0 aliphatic carbocycles. The molecule has 0 amide bonds. The first-order valence-corrected chi connectivity index (χ1v) is 7.81. The maximum atomic E-state index is 11.9. The molecule has 0 spiro atoms. The van der Waals surface area contributed by atoms with Gasteiger partial charge in [0.05, 0.1) is 0 Å². The van der Waals surface area contributed by atoms with Gasteiger partial charge in [-0.15, -0.1) is 0 Å². The van der Waals surface area contributed by atoms with Gasteiger partial charge in [-0.1, -0.05) is 43.8 Å². The van der Waals surface area contributed by atoms with Crippen molar-refractivity contribution in [3.05, 3.63) is 72.3 Å². The molecule has 0 radical (unpaired) electrons. The number of ether oxygens (including phenoxy) is 1. The Morgan fingerprint density at radius 3 is 1.92 bits per heavy atom. The van der Waals surface area contributed by atoms with E-state index in [4.69, 9.17) is 4.74 Å². The van der Waals surface area contributed by atoms with Crippen molar-refractivity contribution in [1.29, 1.82) is 0 Å². The van der Waals surface area contributed by atoms with Crippen LogP contribution in [0.5, 0.6) is 11.5 Å². The molecule has 0 saturated carbocycles. The van der Waals surface area contributed by atoms with Crippen molar-refractivity contribution in [2.75, 3.05) is 6.61 Å². The van der Waals surface area contributed by atoms with Gasteiger partial charge < -0.3 is 14.9 Å². The fourth-order valence-electron chi connectivity index (χ4n) is 2.69. The van der Waals surface area contributed by atoms with Gasteiger partial charge in [0.2, 0.25) is 0 Å². The molecule has 2 N–H and O–H groups in total. The van der Waals surface area contributed by atoms with Gasteiger partial charge in [0.25, 0.3) is 0 Å². The van der Waals surface area contributed by atoms with Crippen molar-refractivity contribution in [2.24, 2.45) is 0 Å². The summed E-state index contributed by atoms with van der Waals surface area (Å²) in [6, 6.07) is 13.9. The number of aromatic hydroxyl groups is 2. The van der Waals surface area contributed by atoms with Gasteiger partial charge in [-0.3, -0.25) is 4.79 Å². The lowest BCUT2D eigenvalue weighted by Crippen LogP contribution is -2.25. The van der Waals surface area contributed by atoms with E-state index in [1.165, 1.54) is 6.08 Å². The van der Waals surface area contributed by atoms with Crippen molar-refractivity contribution in [3.8, 4) is 11.5 Å². The number of phenols is 2. The maximum absolute atomic E-state index is 11.9. The molecular weight excluding hydrogens is 304 g/mol. The largest absolute Gasteiger partial charge is 0.508 e. The van der Waals surface area contributed by atoms with Crippen molar-refractivity contribution < 1.29 is 19.7 Å². The highest BCUT2D eigenvalue weighted by Crippen LogP contribution is 2.37. The number of phenolic OH excluding ortho intramolecular Hbond substituents is 2. The molecule has 0 fully saturated rings. The van der Waals surface area contributed by atoms with Crippen LogP contribution in [0.3, 0.4) is 0 Å². The normalized spacial score (nSPS) is 11.0. The summed E-state index contributed by atoms with van der Waals surface area (Å²) in [5.74, 6) is 0.105. The molecule has 0 atom stereocenters. The zero-order valence-electron chi connectivity index (χ0n) is 13.7. The third-order valence-corrected chi connectivity index (χ3v) is 4.20. The number of rotatable bonds is 7. The van der Waals surface area contributed by atoms with E-state index in [0.29, 0.717) is 6.42 Å². The summed E-state index contributed by atoms with van der Waals surface area (Å²) < 4.78 is 5.06. The lowest BCUT2D eigenvalue weighted by atomic mass is 9.73. The number of hydrogen-bond donors (Lipinski definition) is 2. The van der Waals surface area contributed by atoms with Crippen LogP contribution in [0.15, 0.2) is 61.2 Å². The first-order chi connectivity index (χ1) is 11.5. The van der Waals surface area contributed by atoms with E-state index in [0.717, 1.165) is 11.1 Å². The van der Waals surface area contributed by atoms with E-state index in [9.17, 15) is 15.0 Å². The Balaban J connectivity index is 2.30. The van der Waals surface area contributed by atoms with Crippen LogP contribution in [0.25, 0.3) is 0 Å². The van der Waals surface area contributed by atoms with Crippen LogP contribution in [0.1, 0.15) is 30.9 Å². The Labute approximate surface area is 142 Å². The van der Waals surface area contributed by atoms with Crippen molar-refractivity contribution in [1.82, 2.24) is 0 Å². The fraction of sp³-hybridized carbons (Fsp3) is 0.250. The third kappa shape index (κ3) is 4.16. The van der Waals surface area contributed by atoms with Crippen LogP contribution >= 0.6 is 0 Å². The van der Waals surface area contributed by atoms with Gasteiger partial charge in [-0.25, -0.2) is 0 Å². The molecule has 126 valence electrons.